The Morgan fingerprint density at radius 1 is 1.22 bits per heavy atom. The van der Waals surface area contributed by atoms with Crippen LogP contribution >= 0.6 is 11.3 Å². The van der Waals surface area contributed by atoms with Gasteiger partial charge in [0.2, 0.25) is 0 Å². The molecule has 0 radical (unpaired) electrons. The van der Waals surface area contributed by atoms with Crippen LogP contribution in [0.15, 0.2) is 52.6 Å². The average Bonchev–Trinajstić information content (AvgIpc) is 3.33. The van der Waals surface area contributed by atoms with Gasteiger partial charge in [-0.3, -0.25) is 9.69 Å². The highest BCUT2D eigenvalue weighted by atomic mass is 32.1. The molecule has 1 aromatic carbocycles. The molecule has 4 aromatic rings. The summed E-state index contributed by atoms with van der Waals surface area (Å²) >= 11 is 1.80. The summed E-state index contributed by atoms with van der Waals surface area (Å²) in [6.45, 7) is 4.74. The van der Waals surface area contributed by atoms with E-state index >= 15 is 0 Å². The molecule has 0 amide bonds. The summed E-state index contributed by atoms with van der Waals surface area (Å²) in [5, 5.41) is 7.51. The highest BCUT2D eigenvalue weighted by molar-refractivity contribution is 7.11. The quantitative estimate of drug-likeness (QED) is 0.591. The smallest absolute Gasteiger partial charge is 0.259 e. The van der Waals surface area contributed by atoms with Gasteiger partial charge < -0.3 is 4.98 Å². The minimum Gasteiger partial charge on any atom is -0.306 e. The zero-order chi connectivity index (χ0) is 18.4. The second-order valence-electron chi connectivity index (χ2n) is 6.99. The van der Waals surface area contributed by atoms with E-state index < -0.39 is 0 Å². The van der Waals surface area contributed by atoms with Gasteiger partial charge >= 0.3 is 0 Å². The van der Waals surface area contributed by atoms with Crippen molar-refractivity contribution in [3.63, 3.8) is 0 Å². The fourth-order valence-corrected chi connectivity index (χ4v) is 4.64. The van der Waals surface area contributed by atoms with Crippen LogP contribution in [0.2, 0.25) is 0 Å². The van der Waals surface area contributed by atoms with Crippen LogP contribution in [0.5, 0.6) is 0 Å². The van der Waals surface area contributed by atoms with Crippen molar-refractivity contribution in [1.29, 1.82) is 0 Å². The first-order valence-electron chi connectivity index (χ1n) is 9.15. The molecule has 0 saturated heterocycles. The van der Waals surface area contributed by atoms with Crippen LogP contribution in [-0.2, 0) is 6.54 Å². The SMILES string of the molecule is Cc1nn2c([nH]c(=O)c3ccccc32)c1CN1CC=C(c2cccs2)CC1. The Morgan fingerprint density at radius 2 is 2.11 bits per heavy atom. The van der Waals surface area contributed by atoms with Gasteiger partial charge in [-0.05, 0) is 42.5 Å². The Hall–Kier alpha value is -2.70. The summed E-state index contributed by atoms with van der Waals surface area (Å²) in [5.41, 5.74) is 5.12. The third-order valence-corrected chi connectivity index (χ3v) is 6.25. The number of aromatic amines is 1. The summed E-state index contributed by atoms with van der Waals surface area (Å²) in [7, 11) is 0. The summed E-state index contributed by atoms with van der Waals surface area (Å²) in [4.78, 5) is 19.3. The minimum absolute atomic E-state index is 0.0576. The van der Waals surface area contributed by atoms with Crippen molar-refractivity contribution in [3.8, 4) is 0 Å². The number of hydrogen-bond donors (Lipinski definition) is 1. The third kappa shape index (κ3) is 2.81. The second-order valence-corrected chi connectivity index (χ2v) is 7.94. The molecule has 6 heteroatoms. The van der Waals surface area contributed by atoms with Gasteiger partial charge in [-0.25, -0.2) is 4.52 Å². The molecular formula is C21H20N4OS. The molecule has 0 atom stereocenters. The van der Waals surface area contributed by atoms with E-state index in [4.69, 9.17) is 5.10 Å². The van der Waals surface area contributed by atoms with Gasteiger partial charge in [0.15, 0.2) is 0 Å². The first kappa shape index (κ1) is 16.5. The first-order valence-corrected chi connectivity index (χ1v) is 10.0. The summed E-state index contributed by atoms with van der Waals surface area (Å²) in [6, 6.07) is 11.9. The topological polar surface area (TPSA) is 53.4 Å². The lowest BCUT2D eigenvalue weighted by molar-refractivity contribution is 0.294. The number of fused-ring (bicyclic) bond motifs is 3. The predicted octanol–water partition coefficient (Wildman–Crippen LogP) is 3.84. The lowest BCUT2D eigenvalue weighted by Gasteiger charge is -2.25. The number of para-hydroxylation sites is 1. The van der Waals surface area contributed by atoms with Crippen LogP contribution in [0, 0.1) is 6.92 Å². The van der Waals surface area contributed by atoms with Gasteiger partial charge in [-0.2, -0.15) is 5.10 Å². The zero-order valence-corrected chi connectivity index (χ0v) is 15.9. The molecule has 5 nitrogen and oxygen atoms in total. The van der Waals surface area contributed by atoms with Gasteiger partial charge in [-0.1, -0.05) is 24.3 Å². The van der Waals surface area contributed by atoms with E-state index in [1.54, 1.807) is 11.3 Å². The molecule has 0 saturated carbocycles. The summed E-state index contributed by atoms with van der Waals surface area (Å²) in [5.74, 6) is 0. The number of thiophene rings is 1. The maximum absolute atomic E-state index is 12.5. The maximum atomic E-state index is 12.5. The Morgan fingerprint density at radius 3 is 2.89 bits per heavy atom. The van der Waals surface area contributed by atoms with Crippen molar-refractivity contribution in [1.82, 2.24) is 19.5 Å². The number of benzene rings is 1. The second kappa shape index (κ2) is 6.48. The molecular weight excluding hydrogens is 356 g/mol. The van der Waals surface area contributed by atoms with Crippen LogP contribution in [0.3, 0.4) is 0 Å². The summed E-state index contributed by atoms with van der Waals surface area (Å²) in [6.07, 6.45) is 3.38. The fraction of sp³-hybridized carbons (Fsp3) is 0.238. The van der Waals surface area contributed by atoms with Crippen molar-refractivity contribution in [2.24, 2.45) is 0 Å². The van der Waals surface area contributed by atoms with Crippen LogP contribution < -0.4 is 5.56 Å². The molecule has 1 N–H and O–H groups in total. The van der Waals surface area contributed by atoms with Crippen molar-refractivity contribution in [2.75, 3.05) is 13.1 Å². The first-order chi connectivity index (χ1) is 13.2. The Labute approximate surface area is 160 Å². The fourth-order valence-electron chi connectivity index (χ4n) is 3.84. The number of H-pyrrole nitrogens is 1. The summed E-state index contributed by atoms with van der Waals surface area (Å²) < 4.78 is 1.87. The largest absolute Gasteiger partial charge is 0.306 e. The van der Waals surface area contributed by atoms with E-state index in [-0.39, 0.29) is 5.56 Å². The molecule has 0 bridgehead atoms. The number of hydrogen-bond acceptors (Lipinski definition) is 4. The van der Waals surface area contributed by atoms with E-state index in [1.165, 1.54) is 10.5 Å². The molecule has 0 fully saturated rings. The van der Waals surface area contributed by atoms with E-state index in [1.807, 2.05) is 35.7 Å². The monoisotopic (exact) mass is 376 g/mol. The number of nitrogens with one attached hydrogen (secondary N) is 1. The van der Waals surface area contributed by atoms with Crippen molar-refractivity contribution in [2.45, 2.75) is 19.9 Å². The Bertz CT molecular complexity index is 1220. The van der Waals surface area contributed by atoms with Crippen molar-refractivity contribution in [3.05, 3.63) is 74.3 Å². The minimum atomic E-state index is -0.0576. The highest BCUT2D eigenvalue weighted by Gasteiger charge is 2.19. The molecule has 5 rings (SSSR count). The molecule has 136 valence electrons. The van der Waals surface area contributed by atoms with Crippen molar-refractivity contribution < 1.29 is 0 Å². The van der Waals surface area contributed by atoms with Crippen LogP contribution in [0.25, 0.3) is 22.1 Å². The van der Waals surface area contributed by atoms with Crippen LogP contribution in [0.4, 0.5) is 0 Å². The van der Waals surface area contributed by atoms with Gasteiger partial charge in [0, 0.05) is 30.1 Å². The van der Waals surface area contributed by atoms with Crippen LogP contribution in [-0.4, -0.2) is 32.6 Å². The molecule has 3 aromatic heterocycles. The predicted molar refractivity (Wildman–Crippen MR) is 110 cm³/mol. The number of rotatable bonds is 3. The van der Waals surface area contributed by atoms with Gasteiger partial charge in [0.25, 0.3) is 5.56 Å². The van der Waals surface area contributed by atoms with Gasteiger partial charge in [0.1, 0.15) is 5.65 Å². The standard InChI is InChI=1S/C21H20N4OS/c1-14-17(13-24-10-8-15(9-11-24)19-7-4-12-27-19)20-22-21(26)16-5-2-3-6-18(16)25(20)23-14/h2-8,12H,9-11,13H2,1H3,(H,22,26). The molecule has 1 aliphatic rings. The number of nitrogens with zero attached hydrogens (tertiary/aromatic N) is 3. The Kier molecular flexibility index (Phi) is 3.95. The van der Waals surface area contributed by atoms with Crippen molar-refractivity contribution >= 4 is 33.5 Å². The van der Waals surface area contributed by atoms with E-state index in [0.29, 0.717) is 5.39 Å². The molecule has 0 unspecified atom stereocenters. The van der Waals surface area contributed by atoms with Gasteiger partial charge in [-0.15, -0.1) is 11.3 Å². The zero-order valence-electron chi connectivity index (χ0n) is 15.1. The normalized spacial score (nSPS) is 15.5. The van der Waals surface area contributed by atoms with E-state index in [9.17, 15) is 4.79 Å². The molecule has 4 heterocycles. The Balaban J connectivity index is 1.49. The number of aromatic nitrogens is 3. The van der Waals surface area contributed by atoms with E-state index in [0.717, 1.165) is 48.5 Å². The van der Waals surface area contributed by atoms with Gasteiger partial charge in [0.05, 0.1) is 16.6 Å². The van der Waals surface area contributed by atoms with Crippen LogP contribution in [0.1, 0.15) is 22.6 Å². The number of aryl methyl sites for hydroxylation is 1. The third-order valence-electron chi connectivity index (χ3n) is 5.31. The lowest BCUT2D eigenvalue weighted by atomic mass is 10.1. The molecule has 27 heavy (non-hydrogen) atoms. The lowest BCUT2D eigenvalue weighted by Crippen LogP contribution is -2.28. The average molecular weight is 376 g/mol. The maximum Gasteiger partial charge on any atom is 0.259 e. The van der Waals surface area contributed by atoms with E-state index in [2.05, 4.69) is 33.5 Å². The molecule has 1 aliphatic heterocycles. The molecule has 0 spiro atoms. The highest BCUT2D eigenvalue weighted by Crippen LogP contribution is 2.27. The molecule has 0 aliphatic carbocycles.